The number of nitrogens with one attached hydrogen (secondary N) is 1. The first kappa shape index (κ1) is 17.7. The predicted molar refractivity (Wildman–Crippen MR) is 99.0 cm³/mol. The highest BCUT2D eigenvalue weighted by molar-refractivity contribution is 5.94. The van der Waals surface area contributed by atoms with Crippen LogP contribution in [0.25, 0.3) is 11.3 Å². The first-order valence-electron chi connectivity index (χ1n) is 8.34. The van der Waals surface area contributed by atoms with Crippen molar-refractivity contribution in [2.75, 3.05) is 11.9 Å². The van der Waals surface area contributed by atoms with Gasteiger partial charge in [0.15, 0.2) is 12.3 Å². The molecule has 0 unspecified atom stereocenters. The smallest absolute Gasteiger partial charge is 0.263 e. The lowest BCUT2D eigenvalue weighted by Crippen LogP contribution is -2.20. The van der Waals surface area contributed by atoms with Gasteiger partial charge in [0.2, 0.25) is 5.82 Å². The lowest BCUT2D eigenvalue weighted by molar-refractivity contribution is -0.118. The first-order chi connectivity index (χ1) is 12.4. The van der Waals surface area contributed by atoms with Crippen LogP contribution in [0, 0.1) is 0 Å². The Morgan fingerprint density at radius 1 is 1.04 bits per heavy atom. The van der Waals surface area contributed by atoms with E-state index in [1.807, 2.05) is 54.6 Å². The molecule has 26 heavy (non-hydrogen) atoms. The zero-order chi connectivity index (χ0) is 18.6. The van der Waals surface area contributed by atoms with Gasteiger partial charge in [-0.2, -0.15) is 0 Å². The highest BCUT2D eigenvalue weighted by atomic mass is 16.6. The van der Waals surface area contributed by atoms with E-state index >= 15 is 0 Å². The van der Waals surface area contributed by atoms with Gasteiger partial charge in [-0.1, -0.05) is 63.2 Å². The van der Waals surface area contributed by atoms with Gasteiger partial charge in [0.05, 0.1) is 0 Å². The SMILES string of the molecule is CC(C)(C)c1ccc(OCC(=O)Nc2nonc2-c2ccccc2)cc1. The second-order valence-corrected chi connectivity index (χ2v) is 6.94. The number of anilines is 1. The van der Waals surface area contributed by atoms with E-state index in [1.165, 1.54) is 5.56 Å². The Kier molecular flexibility index (Phi) is 5.02. The lowest BCUT2D eigenvalue weighted by Gasteiger charge is -2.19. The van der Waals surface area contributed by atoms with Crippen LogP contribution in [0.2, 0.25) is 0 Å². The van der Waals surface area contributed by atoms with Gasteiger partial charge in [-0.05, 0) is 33.4 Å². The fourth-order valence-electron chi connectivity index (χ4n) is 2.42. The number of amides is 1. The van der Waals surface area contributed by atoms with Crippen molar-refractivity contribution in [3.8, 4) is 17.0 Å². The molecule has 0 fully saturated rings. The number of hydrogen-bond donors (Lipinski definition) is 1. The van der Waals surface area contributed by atoms with E-state index in [0.717, 1.165) is 5.56 Å². The third-order valence-electron chi connectivity index (χ3n) is 3.88. The molecule has 3 rings (SSSR count). The van der Waals surface area contributed by atoms with Crippen molar-refractivity contribution in [2.45, 2.75) is 26.2 Å². The van der Waals surface area contributed by atoms with E-state index in [0.29, 0.717) is 11.4 Å². The van der Waals surface area contributed by atoms with Crippen molar-refractivity contribution >= 4 is 11.7 Å². The summed E-state index contributed by atoms with van der Waals surface area (Å²) in [5.41, 5.74) is 2.57. The largest absolute Gasteiger partial charge is 0.484 e. The Hall–Kier alpha value is -3.15. The van der Waals surface area contributed by atoms with E-state index in [9.17, 15) is 4.79 Å². The minimum atomic E-state index is -0.335. The van der Waals surface area contributed by atoms with Gasteiger partial charge in [0, 0.05) is 5.56 Å². The van der Waals surface area contributed by atoms with E-state index in [1.54, 1.807) is 0 Å². The summed E-state index contributed by atoms with van der Waals surface area (Å²) < 4.78 is 10.3. The fourth-order valence-corrected chi connectivity index (χ4v) is 2.42. The minimum absolute atomic E-state index is 0.0731. The van der Waals surface area contributed by atoms with Crippen LogP contribution in [0.15, 0.2) is 59.2 Å². The molecule has 0 atom stereocenters. The van der Waals surface area contributed by atoms with Gasteiger partial charge in [-0.15, -0.1) is 0 Å². The molecule has 0 saturated carbocycles. The Balaban J connectivity index is 1.60. The molecule has 6 heteroatoms. The molecule has 3 aromatic rings. The van der Waals surface area contributed by atoms with Crippen molar-refractivity contribution in [3.05, 3.63) is 60.2 Å². The van der Waals surface area contributed by atoms with Crippen LogP contribution in [0.1, 0.15) is 26.3 Å². The number of aromatic nitrogens is 2. The average molecular weight is 351 g/mol. The maximum Gasteiger partial charge on any atom is 0.263 e. The number of benzene rings is 2. The maximum atomic E-state index is 12.1. The first-order valence-corrected chi connectivity index (χ1v) is 8.34. The highest BCUT2D eigenvalue weighted by Crippen LogP contribution is 2.25. The summed E-state index contributed by atoms with van der Waals surface area (Å²) in [5, 5.41) is 10.3. The quantitative estimate of drug-likeness (QED) is 0.750. The lowest BCUT2D eigenvalue weighted by atomic mass is 9.87. The standard InChI is InChI=1S/C20H21N3O3/c1-20(2,3)15-9-11-16(12-10-15)25-13-17(24)21-19-18(22-26-23-19)14-7-5-4-6-8-14/h4-12H,13H2,1-3H3,(H,21,23,24). The van der Waals surface area contributed by atoms with Crippen molar-refractivity contribution in [1.29, 1.82) is 0 Å². The molecule has 1 amide bonds. The summed E-state index contributed by atoms with van der Waals surface area (Å²) in [5.74, 6) is 0.570. The molecule has 0 saturated heterocycles. The van der Waals surface area contributed by atoms with Crippen molar-refractivity contribution in [1.82, 2.24) is 10.3 Å². The van der Waals surface area contributed by atoms with E-state index in [2.05, 4.69) is 36.4 Å². The molecule has 1 N–H and O–H groups in total. The normalized spacial score (nSPS) is 11.2. The number of hydrogen-bond acceptors (Lipinski definition) is 5. The average Bonchev–Trinajstić information content (AvgIpc) is 3.08. The van der Waals surface area contributed by atoms with Crippen LogP contribution >= 0.6 is 0 Å². The Bertz CT molecular complexity index is 865. The van der Waals surface area contributed by atoms with Gasteiger partial charge >= 0.3 is 0 Å². The van der Waals surface area contributed by atoms with E-state index in [-0.39, 0.29) is 23.7 Å². The van der Waals surface area contributed by atoms with Crippen LogP contribution in [0.4, 0.5) is 5.82 Å². The zero-order valence-corrected chi connectivity index (χ0v) is 15.0. The Morgan fingerprint density at radius 2 is 1.73 bits per heavy atom. The number of carbonyl (C=O) groups excluding carboxylic acids is 1. The van der Waals surface area contributed by atoms with Crippen molar-refractivity contribution in [3.63, 3.8) is 0 Å². The van der Waals surface area contributed by atoms with Crippen LogP contribution in [-0.4, -0.2) is 22.8 Å². The third-order valence-corrected chi connectivity index (χ3v) is 3.88. The Labute approximate surface area is 152 Å². The van der Waals surface area contributed by atoms with Gasteiger partial charge in [0.1, 0.15) is 5.75 Å². The molecule has 2 aromatic carbocycles. The molecule has 6 nitrogen and oxygen atoms in total. The van der Waals surface area contributed by atoms with Crippen LogP contribution in [-0.2, 0) is 10.2 Å². The fraction of sp³-hybridized carbons (Fsp3) is 0.250. The molecule has 0 aliphatic carbocycles. The third kappa shape index (κ3) is 4.27. The summed E-state index contributed by atoms with van der Waals surface area (Å²) in [6.45, 7) is 6.31. The summed E-state index contributed by atoms with van der Waals surface area (Å²) in [6.07, 6.45) is 0. The maximum absolute atomic E-state index is 12.1. The second-order valence-electron chi connectivity index (χ2n) is 6.94. The molecule has 0 radical (unpaired) electrons. The molecule has 0 aliphatic rings. The van der Waals surface area contributed by atoms with Crippen LogP contribution in [0.3, 0.4) is 0 Å². The monoisotopic (exact) mass is 351 g/mol. The summed E-state index contributed by atoms with van der Waals surface area (Å²) in [7, 11) is 0. The Morgan fingerprint density at radius 3 is 2.38 bits per heavy atom. The minimum Gasteiger partial charge on any atom is -0.484 e. The molecule has 0 aliphatic heterocycles. The van der Waals surface area contributed by atoms with Gasteiger partial charge < -0.3 is 10.1 Å². The topological polar surface area (TPSA) is 77.2 Å². The number of carbonyl (C=O) groups is 1. The van der Waals surface area contributed by atoms with Crippen LogP contribution in [0.5, 0.6) is 5.75 Å². The van der Waals surface area contributed by atoms with Gasteiger partial charge in [-0.3, -0.25) is 4.79 Å². The molecule has 1 heterocycles. The molecule has 0 bridgehead atoms. The molecular weight excluding hydrogens is 330 g/mol. The zero-order valence-electron chi connectivity index (χ0n) is 15.0. The number of ether oxygens (including phenoxy) is 1. The van der Waals surface area contributed by atoms with Crippen molar-refractivity contribution < 1.29 is 14.2 Å². The van der Waals surface area contributed by atoms with Gasteiger partial charge in [0.25, 0.3) is 5.91 Å². The summed E-state index contributed by atoms with van der Waals surface area (Å²) >= 11 is 0. The van der Waals surface area contributed by atoms with E-state index < -0.39 is 0 Å². The summed E-state index contributed by atoms with van der Waals surface area (Å²) in [4.78, 5) is 12.1. The van der Waals surface area contributed by atoms with Crippen molar-refractivity contribution in [2.24, 2.45) is 0 Å². The van der Waals surface area contributed by atoms with Gasteiger partial charge in [-0.25, -0.2) is 4.63 Å². The highest BCUT2D eigenvalue weighted by Gasteiger charge is 2.16. The predicted octanol–water partition coefficient (Wildman–Crippen LogP) is 4.05. The molecule has 134 valence electrons. The second kappa shape index (κ2) is 7.39. The van der Waals surface area contributed by atoms with E-state index in [4.69, 9.17) is 9.37 Å². The van der Waals surface area contributed by atoms with Crippen LogP contribution < -0.4 is 10.1 Å². The number of nitrogens with zero attached hydrogens (tertiary/aromatic N) is 2. The molecule has 0 spiro atoms. The molecule has 1 aromatic heterocycles. The molecular formula is C20H21N3O3. The number of rotatable bonds is 5. The summed E-state index contributed by atoms with van der Waals surface area (Å²) in [6, 6.07) is 17.1.